The summed E-state index contributed by atoms with van der Waals surface area (Å²) in [6.45, 7) is 2.04. The average Bonchev–Trinajstić information content (AvgIpc) is 2.57. The number of pyridine rings is 1. The number of carbonyl (C=O) groups is 2. The molecule has 0 aliphatic heterocycles. The van der Waals surface area contributed by atoms with Gasteiger partial charge in [0.25, 0.3) is 0 Å². The fraction of sp³-hybridized carbons (Fsp3) is 0.125. The summed E-state index contributed by atoms with van der Waals surface area (Å²) < 4.78 is 4.87. The molecule has 0 radical (unpaired) electrons. The number of nitrogens with zero attached hydrogens (tertiary/aromatic N) is 2. The molecular weight excluding hydrogens is 298 g/mol. The van der Waals surface area contributed by atoms with Gasteiger partial charge < -0.3 is 4.74 Å². The molecule has 0 saturated carbocycles. The van der Waals surface area contributed by atoms with Gasteiger partial charge in [-0.2, -0.15) is 0 Å². The number of ether oxygens (including phenoxy) is 1. The van der Waals surface area contributed by atoms with Gasteiger partial charge in [0.05, 0.1) is 18.4 Å². The lowest BCUT2D eigenvalue weighted by Gasteiger charge is -2.04. The van der Waals surface area contributed by atoms with Crippen molar-refractivity contribution in [3.05, 3.63) is 59.9 Å². The van der Waals surface area contributed by atoms with Crippen molar-refractivity contribution in [2.45, 2.75) is 6.92 Å². The molecule has 1 N–H and O–H groups in total. The summed E-state index contributed by atoms with van der Waals surface area (Å²) >= 11 is 0. The third-order valence-corrected chi connectivity index (χ3v) is 2.69. The van der Waals surface area contributed by atoms with Gasteiger partial charge in [0.2, 0.25) is 0 Å². The molecule has 0 fully saturated rings. The van der Waals surface area contributed by atoms with Gasteiger partial charge in [0.1, 0.15) is 0 Å². The predicted octanol–water partition coefficient (Wildman–Crippen LogP) is 2.84. The largest absolute Gasteiger partial charge is 0.462 e. The van der Waals surface area contributed by atoms with E-state index in [1.807, 2.05) is 0 Å². The second-order valence-corrected chi connectivity index (χ2v) is 4.32. The van der Waals surface area contributed by atoms with Crippen LogP contribution in [0, 0.1) is 0 Å². The molecule has 7 heteroatoms. The molecule has 0 atom stereocenters. The van der Waals surface area contributed by atoms with Crippen molar-refractivity contribution in [2.24, 2.45) is 5.16 Å². The molecule has 2 aromatic rings. The van der Waals surface area contributed by atoms with Crippen molar-refractivity contribution in [2.75, 3.05) is 11.9 Å². The molecule has 7 nitrogen and oxygen atoms in total. The zero-order chi connectivity index (χ0) is 16.5. The predicted molar refractivity (Wildman–Crippen MR) is 84.3 cm³/mol. The van der Waals surface area contributed by atoms with Crippen LogP contribution in [0.25, 0.3) is 0 Å². The zero-order valence-electron chi connectivity index (χ0n) is 12.4. The minimum Gasteiger partial charge on any atom is -0.462 e. The molecule has 118 valence electrons. The lowest BCUT2D eigenvalue weighted by molar-refractivity contribution is 0.0526. The Kier molecular flexibility index (Phi) is 5.81. The van der Waals surface area contributed by atoms with Crippen LogP contribution < -0.4 is 5.32 Å². The minimum atomic E-state index is -0.737. The molecule has 2 rings (SSSR count). The Balaban J connectivity index is 1.85. The first-order valence-corrected chi connectivity index (χ1v) is 6.87. The maximum Gasteiger partial charge on any atom is 0.437 e. The van der Waals surface area contributed by atoms with E-state index >= 15 is 0 Å². The molecule has 0 aliphatic carbocycles. The number of amides is 1. The Bertz CT molecular complexity index is 684. The summed E-state index contributed by atoms with van der Waals surface area (Å²) in [5.41, 5.74) is 1.63. The van der Waals surface area contributed by atoms with Crippen LogP contribution >= 0.6 is 0 Å². The Morgan fingerprint density at radius 1 is 1.17 bits per heavy atom. The van der Waals surface area contributed by atoms with E-state index in [1.54, 1.807) is 55.7 Å². The van der Waals surface area contributed by atoms with Gasteiger partial charge in [-0.1, -0.05) is 5.16 Å². The van der Waals surface area contributed by atoms with E-state index in [1.165, 1.54) is 6.21 Å². The van der Waals surface area contributed by atoms with Crippen molar-refractivity contribution < 1.29 is 19.2 Å². The van der Waals surface area contributed by atoms with Gasteiger partial charge in [-0.15, -0.1) is 0 Å². The summed E-state index contributed by atoms with van der Waals surface area (Å²) in [6, 6.07) is 9.68. The molecule has 0 spiro atoms. The van der Waals surface area contributed by atoms with E-state index in [0.29, 0.717) is 17.9 Å². The molecule has 23 heavy (non-hydrogen) atoms. The summed E-state index contributed by atoms with van der Waals surface area (Å²) in [6.07, 6.45) is 3.86. The fourth-order valence-corrected chi connectivity index (χ4v) is 1.63. The molecule has 0 saturated heterocycles. The van der Waals surface area contributed by atoms with Gasteiger partial charge in [-0.05, 0) is 48.9 Å². The van der Waals surface area contributed by atoms with Gasteiger partial charge in [-0.3, -0.25) is 15.1 Å². The number of rotatable bonds is 5. The molecule has 0 aliphatic rings. The monoisotopic (exact) mass is 313 g/mol. The number of hydrogen-bond acceptors (Lipinski definition) is 6. The molecule has 0 unspecified atom stereocenters. The number of aromatic nitrogens is 1. The van der Waals surface area contributed by atoms with Crippen LogP contribution in [0.4, 0.5) is 10.5 Å². The molecule has 1 aromatic carbocycles. The number of nitrogens with one attached hydrogen (secondary N) is 1. The van der Waals surface area contributed by atoms with Crippen molar-refractivity contribution in [3.63, 3.8) is 0 Å². The number of carbonyl (C=O) groups excluding carboxylic acids is 2. The highest BCUT2D eigenvalue weighted by atomic mass is 16.7. The van der Waals surface area contributed by atoms with Crippen LogP contribution in [0.15, 0.2) is 53.9 Å². The van der Waals surface area contributed by atoms with Crippen LogP contribution in [0.5, 0.6) is 0 Å². The van der Waals surface area contributed by atoms with Crippen LogP contribution in [-0.4, -0.2) is 29.9 Å². The van der Waals surface area contributed by atoms with E-state index < -0.39 is 12.1 Å². The third kappa shape index (κ3) is 5.24. The van der Waals surface area contributed by atoms with Gasteiger partial charge >= 0.3 is 12.1 Å². The lowest BCUT2D eigenvalue weighted by Crippen LogP contribution is -2.11. The van der Waals surface area contributed by atoms with Crippen molar-refractivity contribution in [1.82, 2.24) is 4.98 Å². The van der Waals surface area contributed by atoms with Crippen LogP contribution in [0.1, 0.15) is 22.8 Å². The van der Waals surface area contributed by atoms with E-state index in [2.05, 4.69) is 20.3 Å². The summed E-state index contributed by atoms with van der Waals surface area (Å²) in [4.78, 5) is 31.6. The standard InChI is InChI=1S/C16H15N3O4/c1-2-22-15(20)13-3-5-14(6-4-13)19-16(21)23-18-11-12-7-9-17-10-8-12/h3-11H,2H2,1H3,(H,19,21). The number of benzene rings is 1. The maximum atomic E-state index is 11.6. The first kappa shape index (κ1) is 16.2. The number of esters is 1. The Morgan fingerprint density at radius 2 is 1.87 bits per heavy atom. The van der Waals surface area contributed by atoms with E-state index in [-0.39, 0.29) is 0 Å². The molecule has 1 amide bonds. The zero-order valence-corrected chi connectivity index (χ0v) is 12.4. The van der Waals surface area contributed by atoms with Crippen molar-refractivity contribution in [3.8, 4) is 0 Å². The van der Waals surface area contributed by atoms with Crippen LogP contribution in [-0.2, 0) is 9.57 Å². The highest BCUT2D eigenvalue weighted by molar-refractivity contribution is 5.91. The first-order chi connectivity index (χ1) is 11.2. The van der Waals surface area contributed by atoms with E-state index in [9.17, 15) is 9.59 Å². The van der Waals surface area contributed by atoms with Gasteiger partial charge in [0.15, 0.2) is 0 Å². The van der Waals surface area contributed by atoms with Crippen LogP contribution in [0.3, 0.4) is 0 Å². The average molecular weight is 313 g/mol. The van der Waals surface area contributed by atoms with Gasteiger partial charge in [-0.25, -0.2) is 9.59 Å². The third-order valence-electron chi connectivity index (χ3n) is 2.69. The Labute approximate surface area is 132 Å². The summed E-state index contributed by atoms with van der Waals surface area (Å²) in [5.74, 6) is -0.413. The number of anilines is 1. The topological polar surface area (TPSA) is 89.9 Å². The number of hydrogen-bond donors (Lipinski definition) is 1. The molecular formula is C16H15N3O4. The smallest absolute Gasteiger partial charge is 0.437 e. The second kappa shape index (κ2) is 8.28. The quantitative estimate of drug-likeness (QED) is 0.397. The normalized spacial score (nSPS) is 10.3. The maximum absolute atomic E-state index is 11.6. The molecule has 1 heterocycles. The highest BCUT2D eigenvalue weighted by Crippen LogP contribution is 2.11. The summed E-state index contributed by atoms with van der Waals surface area (Å²) in [5, 5.41) is 6.06. The molecule has 0 bridgehead atoms. The van der Waals surface area contributed by atoms with Crippen molar-refractivity contribution in [1.29, 1.82) is 0 Å². The highest BCUT2D eigenvalue weighted by Gasteiger charge is 2.07. The summed E-state index contributed by atoms with van der Waals surface area (Å²) in [7, 11) is 0. The second-order valence-electron chi connectivity index (χ2n) is 4.32. The fourth-order valence-electron chi connectivity index (χ4n) is 1.63. The Hall–Kier alpha value is -3.22. The van der Waals surface area contributed by atoms with Gasteiger partial charge in [0, 0.05) is 18.1 Å². The SMILES string of the molecule is CCOC(=O)c1ccc(NC(=O)ON=Cc2ccncc2)cc1. The number of oxime groups is 1. The lowest BCUT2D eigenvalue weighted by atomic mass is 10.2. The van der Waals surface area contributed by atoms with Crippen molar-refractivity contribution >= 4 is 24.0 Å². The van der Waals surface area contributed by atoms with E-state index in [0.717, 1.165) is 5.56 Å². The minimum absolute atomic E-state index is 0.306. The molecule has 1 aromatic heterocycles. The first-order valence-electron chi connectivity index (χ1n) is 6.87. The van der Waals surface area contributed by atoms with E-state index in [4.69, 9.17) is 4.74 Å². The van der Waals surface area contributed by atoms with Crippen LogP contribution in [0.2, 0.25) is 0 Å². The Morgan fingerprint density at radius 3 is 2.52 bits per heavy atom.